The lowest BCUT2D eigenvalue weighted by atomic mass is 10.1. The Labute approximate surface area is 94.0 Å². The van der Waals surface area contributed by atoms with Gasteiger partial charge in [-0.05, 0) is 31.6 Å². The van der Waals surface area contributed by atoms with Gasteiger partial charge in [-0.2, -0.15) is 0 Å². The van der Waals surface area contributed by atoms with Crippen molar-refractivity contribution >= 4 is 22.9 Å². The van der Waals surface area contributed by atoms with E-state index in [0.29, 0.717) is 0 Å². The van der Waals surface area contributed by atoms with Crippen LogP contribution in [0.4, 0.5) is 0 Å². The predicted octanol–water partition coefficient (Wildman–Crippen LogP) is 2.28. The van der Waals surface area contributed by atoms with Gasteiger partial charge in [0, 0.05) is 28.2 Å². The van der Waals surface area contributed by atoms with Gasteiger partial charge in [0.05, 0.1) is 0 Å². The van der Waals surface area contributed by atoms with E-state index in [2.05, 4.69) is 30.1 Å². The highest BCUT2D eigenvalue weighted by molar-refractivity contribution is 5.96. The molecule has 2 rings (SSSR count). The summed E-state index contributed by atoms with van der Waals surface area (Å²) >= 11 is 0. The van der Waals surface area contributed by atoms with Crippen LogP contribution in [0.3, 0.4) is 0 Å². The third kappa shape index (κ3) is 1.84. The highest BCUT2D eigenvalue weighted by Gasteiger charge is 2.05. The summed E-state index contributed by atoms with van der Waals surface area (Å²) in [5, 5.41) is 1.11. The number of H-pyrrole nitrogens is 1. The molecule has 0 bridgehead atoms. The van der Waals surface area contributed by atoms with Gasteiger partial charge in [-0.1, -0.05) is 12.1 Å². The molecule has 3 N–H and O–H groups in total. The molecule has 16 heavy (non-hydrogen) atoms. The Kier molecular flexibility index (Phi) is 2.52. The van der Waals surface area contributed by atoms with E-state index in [0.717, 1.165) is 22.2 Å². The monoisotopic (exact) mass is 214 g/mol. The van der Waals surface area contributed by atoms with Gasteiger partial charge in [0.15, 0.2) is 0 Å². The van der Waals surface area contributed by atoms with E-state index >= 15 is 0 Å². The number of nitrogens with two attached hydrogens (primary N) is 1. The third-order valence-electron chi connectivity index (χ3n) is 2.61. The maximum absolute atomic E-state index is 10.7. The Morgan fingerprint density at radius 1 is 1.38 bits per heavy atom. The molecule has 0 aliphatic rings. The second kappa shape index (κ2) is 3.85. The van der Waals surface area contributed by atoms with E-state index in [1.165, 1.54) is 11.6 Å². The molecule has 2 aromatic rings. The smallest absolute Gasteiger partial charge is 0.241 e. The first-order chi connectivity index (χ1) is 7.58. The maximum atomic E-state index is 10.7. The molecule has 3 nitrogen and oxygen atoms in total. The molecule has 82 valence electrons. The molecule has 0 saturated heterocycles. The zero-order valence-corrected chi connectivity index (χ0v) is 9.37. The molecule has 1 aromatic carbocycles. The van der Waals surface area contributed by atoms with Gasteiger partial charge in [0.2, 0.25) is 5.91 Å². The number of benzene rings is 1. The van der Waals surface area contributed by atoms with Crippen molar-refractivity contribution in [3.63, 3.8) is 0 Å². The summed E-state index contributed by atoms with van der Waals surface area (Å²) in [6, 6.07) is 6.19. The summed E-state index contributed by atoms with van der Waals surface area (Å²) in [6.45, 7) is 4.03. The Morgan fingerprint density at radius 3 is 2.81 bits per heavy atom. The number of rotatable bonds is 2. The molecule has 0 unspecified atom stereocenters. The number of hydrogen-bond donors (Lipinski definition) is 2. The first kappa shape index (κ1) is 10.5. The lowest BCUT2D eigenvalue weighted by Crippen LogP contribution is -2.05. The number of primary amides is 1. The predicted molar refractivity (Wildman–Crippen MR) is 66.0 cm³/mol. The molecule has 0 aliphatic heterocycles. The van der Waals surface area contributed by atoms with Crippen LogP contribution in [0.15, 0.2) is 24.3 Å². The van der Waals surface area contributed by atoms with Crippen molar-refractivity contribution < 1.29 is 4.79 Å². The van der Waals surface area contributed by atoms with E-state index in [4.69, 9.17) is 5.73 Å². The van der Waals surface area contributed by atoms with E-state index in [9.17, 15) is 4.79 Å². The summed E-state index contributed by atoms with van der Waals surface area (Å²) in [4.78, 5) is 14.0. The van der Waals surface area contributed by atoms with Crippen molar-refractivity contribution in [2.24, 2.45) is 5.73 Å². The number of aromatic amines is 1. The molecular formula is C13H14N2O. The topological polar surface area (TPSA) is 58.9 Å². The van der Waals surface area contributed by atoms with Gasteiger partial charge in [-0.3, -0.25) is 4.79 Å². The van der Waals surface area contributed by atoms with Crippen LogP contribution in [0.1, 0.15) is 16.8 Å². The average Bonchev–Trinajstić information content (AvgIpc) is 2.50. The maximum Gasteiger partial charge on any atom is 0.241 e. The van der Waals surface area contributed by atoms with Crippen molar-refractivity contribution in [3.8, 4) is 0 Å². The first-order valence-corrected chi connectivity index (χ1v) is 5.14. The molecule has 1 heterocycles. The number of carbonyl (C=O) groups is 1. The lowest BCUT2D eigenvalue weighted by molar-refractivity contribution is -0.113. The van der Waals surface area contributed by atoms with Crippen LogP contribution in [0.5, 0.6) is 0 Å². The van der Waals surface area contributed by atoms with E-state index in [1.807, 2.05) is 6.92 Å². The SMILES string of the molecule is Cc1ccc2c(/C=C/C(N)=O)c(C)[nH]c2c1. The molecule has 0 fully saturated rings. The van der Waals surface area contributed by atoms with E-state index in [-0.39, 0.29) is 0 Å². The van der Waals surface area contributed by atoms with Gasteiger partial charge in [-0.15, -0.1) is 0 Å². The summed E-state index contributed by atoms with van der Waals surface area (Å²) in [5.74, 6) is -0.430. The van der Waals surface area contributed by atoms with Crippen LogP contribution >= 0.6 is 0 Å². The minimum absolute atomic E-state index is 0.430. The van der Waals surface area contributed by atoms with E-state index < -0.39 is 5.91 Å². The van der Waals surface area contributed by atoms with Crippen molar-refractivity contribution in [2.75, 3.05) is 0 Å². The van der Waals surface area contributed by atoms with Crippen LogP contribution in [0, 0.1) is 13.8 Å². The summed E-state index contributed by atoms with van der Waals surface area (Å²) in [6.07, 6.45) is 3.14. The van der Waals surface area contributed by atoms with Crippen LogP contribution < -0.4 is 5.73 Å². The van der Waals surface area contributed by atoms with Crippen LogP contribution in [0.2, 0.25) is 0 Å². The molecule has 1 aromatic heterocycles. The fourth-order valence-electron chi connectivity index (χ4n) is 1.85. The van der Waals surface area contributed by atoms with Crippen molar-refractivity contribution in [3.05, 3.63) is 41.1 Å². The molecule has 0 atom stereocenters. The number of carbonyl (C=O) groups excluding carboxylic acids is 1. The zero-order valence-electron chi connectivity index (χ0n) is 9.37. The number of aryl methyl sites for hydroxylation is 2. The summed E-state index contributed by atoms with van der Waals surface area (Å²) in [5.41, 5.74) is 9.45. The number of nitrogens with one attached hydrogen (secondary N) is 1. The van der Waals surface area contributed by atoms with Gasteiger partial charge < -0.3 is 10.7 Å². The molecule has 0 saturated carbocycles. The Hall–Kier alpha value is -2.03. The van der Waals surface area contributed by atoms with Crippen LogP contribution in [-0.2, 0) is 4.79 Å². The highest BCUT2D eigenvalue weighted by atomic mass is 16.1. The van der Waals surface area contributed by atoms with Crippen LogP contribution in [0.25, 0.3) is 17.0 Å². The number of fused-ring (bicyclic) bond motifs is 1. The summed E-state index contributed by atoms with van der Waals surface area (Å²) in [7, 11) is 0. The molecule has 0 spiro atoms. The first-order valence-electron chi connectivity index (χ1n) is 5.14. The fraction of sp³-hybridized carbons (Fsp3) is 0.154. The minimum Gasteiger partial charge on any atom is -0.366 e. The van der Waals surface area contributed by atoms with Crippen molar-refractivity contribution in [1.82, 2.24) is 4.98 Å². The van der Waals surface area contributed by atoms with Gasteiger partial charge >= 0.3 is 0 Å². The highest BCUT2D eigenvalue weighted by Crippen LogP contribution is 2.24. The molecular weight excluding hydrogens is 200 g/mol. The Morgan fingerprint density at radius 2 is 2.12 bits per heavy atom. The summed E-state index contributed by atoms with van der Waals surface area (Å²) < 4.78 is 0. The second-order valence-corrected chi connectivity index (χ2v) is 3.95. The molecule has 1 amide bonds. The molecule has 3 heteroatoms. The van der Waals surface area contributed by atoms with Gasteiger partial charge in [-0.25, -0.2) is 0 Å². The standard InChI is InChI=1S/C13H14N2O/c1-8-3-4-11-10(5-6-13(14)16)9(2)15-12(11)7-8/h3-7,15H,1-2H3,(H2,14,16)/b6-5+. The quantitative estimate of drug-likeness (QED) is 0.740. The van der Waals surface area contributed by atoms with Gasteiger partial charge in [0.1, 0.15) is 0 Å². The zero-order chi connectivity index (χ0) is 11.7. The third-order valence-corrected chi connectivity index (χ3v) is 2.61. The van der Waals surface area contributed by atoms with Crippen LogP contribution in [-0.4, -0.2) is 10.9 Å². The minimum atomic E-state index is -0.430. The lowest BCUT2D eigenvalue weighted by Gasteiger charge is -1.94. The Balaban J connectivity index is 2.60. The molecule has 0 radical (unpaired) electrons. The largest absolute Gasteiger partial charge is 0.366 e. The molecule has 0 aliphatic carbocycles. The Bertz CT molecular complexity index is 579. The van der Waals surface area contributed by atoms with E-state index in [1.54, 1.807) is 6.08 Å². The number of aromatic nitrogens is 1. The van der Waals surface area contributed by atoms with Crippen molar-refractivity contribution in [2.45, 2.75) is 13.8 Å². The second-order valence-electron chi connectivity index (χ2n) is 3.95. The fourth-order valence-corrected chi connectivity index (χ4v) is 1.85. The average molecular weight is 214 g/mol. The normalized spacial score (nSPS) is 11.4. The van der Waals surface area contributed by atoms with Gasteiger partial charge in [0.25, 0.3) is 0 Å². The van der Waals surface area contributed by atoms with Crippen molar-refractivity contribution in [1.29, 1.82) is 0 Å². The number of amides is 1. The number of hydrogen-bond acceptors (Lipinski definition) is 1.